The number of hydrogen-bond donors (Lipinski definition) is 2. The average molecular weight is 287 g/mol. The molecule has 4 heteroatoms. The lowest BCUT2D eigenvalue weighted by Gasteiger charge is -2.30. The monoisotopic (exact) mass is 286 g/mol. The van der Waals surface area contributed by atoms with Crippen LogP contribution in [0.25, 0.3) is 0 Å². The average Bonchev–Trinajstić information content (AvgIpc) is 2.31. The molecule has 0 aromatic heterocycles. The lowest BCUT2D eigenvalue weighted by atomic mass is 9.78. The lowest BCUT2D eigenvalue weighted by molar-refractivity contribution is 0.222. The number of rotatable bonds is 5. The molecule has 0 aliphatic heterocycles. The van der Waals surface area contributed by atoms with E-state index in [9.17, 15) is 4.39 Å². The molecule has 2 nitrogen and oxygen atoms in total. The van der Waals surface area contributed by atoms with Gasteiger partial charge < -0.3 is 0 Å². The summed E-state index contributed by atoms with van der Waals surface area (Å²) in [5.41, 5.74) is 3.52. The fourth-order valence-electron chi connectivity index (χ4n) is 1.96. The third-order valence-corrected chi connectivity index (χ3v) is 4.22. The Hall–Kier alpha value is -0.640. The van der Waals surface area contributed by atoms with Crippen LogP contribution in [0, 0.1) is 17.2 Å². The van der Waals surface area contributed by atoms with Crippen LogP contribution in [0.1, 0.15) is 39.7 Å². The number of nitrogens with two attached hydrogens (primary N) is 1. The van der Waals surface area contributed by atoms with Crippen molar-refractivity contribution in [2.24, 2.45) is 17.2 Å². The second-order valence-corrected chi connectivity index (χ2v) is 6.68. The molecule has 0 spiro atoms. The van der Waals surface area contributed by atoms with Gasteiger partial charge in [0, 0.05) is 16.6 Å². The number of hydrazine groups is 1. The van der Waals surface area contributed by atoms with Crippen LogP contribution in [-0.4, -0.2) is 6.04 Å². The van der Waals surface area contributed by atoms with Gasteiger partial charge in [0.1, 0.15) is 5.82 Å². The van der Waals surface area contributed by atoms with Gasteiger partial charge in [0.05, 0.1) is 0 Å². The summed E-state index contributed by atoms with van der Waals surface area (Å²) >= 11 is 6.05. The summed E-state index contributed by atoms with van der Waals surface area (Å²) in [6.45, 7) is 8.78. The Morgan fingerprint density at radius 1 is 1.37 bits per heavy atom. The summed E-state index contributed by atoms with van der Waals surface area (Å²) in [6, 6.07) is 4.77. The minimum absolute atomic E-state index is 0.0172. The second-order valence-electron chi connectivity index (χ2n) is 6.27. The van der Waals surface area contributed by atoms with Crippen LogP contribution < -0.4 is 11.3 Å². The number of halogens is 2. The summed E-state index contributed by atoms with van der Waals surface area (Å²) < 4.78 is 13.8. The molecule has 0 fully saturated rings. The van der Waals surface area contributed by atoms with Crippen molar-refractivity contribution in [2.75, 3.05) is 0 Å². The fourth-order valence-corrected chi connectivity index (χ4v) is 2.20. The van der Waals surface area contributed by atoms with Gasteiger partial charge in [-0.15, -0.1) is 0 Å². The second kappa shape index (κ2) is 6.69. The van der Waals surface area contributed by atoms with E-state index in [0.29, 0.717) is 22.9 Å². The van der Waals surface area contributed by atoms with Gasteiger partial charge in [-0.3, -0.25) is 11.3 Å². The van der Waals surface area contributed by atoms with Crippen molar-refractivity contribution in [1.29, 1.82) is 0 Å². The first-order valence-electron chi connectivity index (χ1n) is 6.64. The molecule has 1 aromatic carbocycles. The van der Waals surface area contributed by atoms with Crippen molar-refractivity contribution in [3.63, 3.8) is 0 Å². The van der Waals surface area contributed by atoms with E-state index in [1.54, 1.807) is 12.1 Å². The molecular weight excluding hydrogens is 263 g/mol. The Labute approximate surface area is 120 Å². The molecule has 0 heterocycles. The van der Waals surface area contributed by atoms with E-state index in [4.69, 9.17) is 17.4 Å². The highest BCUT2D eigenvalue weighted by Crippen LogP contribution is 2.30. The zero-order valence-corrected chi connectivity index (χ0v) is 12.9. The third kappa shape index (κ3) is 4.75. The Bertz CT molecular complexity index is 395. The van der Waals surface area contributed by atoms with E-state index in [1.807, 2.05) is 0 Å². The standard InChI is InChI=1S/C15H24ClFN2/c1-10(15(2,3)4)8-11(19-18)9-12-13(16)6-5-7-14(12)17/h5-7,10-11,19H,8-9,18H2,1-4H3. The Morgan fingerprint density at radius 2 is 2.00 bits per heavy atom. The zero-order chi connectivity index (χ0) is 14.6. The van der Waals surface area contributed by atoms with E-state index < -0.39 is 0 Å². The maximum atomic E-state index is 13.8. The van der Waals surface area contributed by atoms with Gasteiger partial charge in [0.25, 0.3) is 0 Å². The predicted molar refractivity (Wildman–Crippen MR) is 79.5 cm³/mol. The summed E-state index contributed by atoms with van der Waals surface area (Å²) in [4.78, 5) is 0. The minimum atomic E-state index is -0.267. The van der Waals surface area contributed by atoms with Crippen LogP contribution in [0.2, 0.25) is 5.02 Å². The Balaban J connectivity index is 2.78. The van der Waals surface area contributed by atoms with E-state index in [2.05, 4.69) is 33.1 Å². The molecule has 19 heavy (non-hydrogen) atoms. The van der Waals surface area contributed by atoms with Crippen molar-refractivity contribution in [1.82, 2.24) is 5.43 Å². The summed E-state index contributed by atoms with van der Waals surface area (Å²) in [5.74, 6) is 5.80. The summed E-state index contributed by atoms with van der Waals surface area (Å²) in [5, 5.41) is 0.462. The van der Waals surface area contributed by atoms with E-state index in [1.165, 1.54) is 6.07 Å². The topological polar surface area (TPSA) is 38.0 Å². The molecule has 0 saturated carbocycles. The first kappa shape index (κ1) is 16.4. The van der Waals surface area contributed by atoms with Crippen LogP contribution in [0.15, 0.2) is 18.2 Å². The van der Waals surface area contributed by atoms with Crippen molar-refractivity contribution >= 4 is 11.6 Å². The van der Waals surface area contributed by atoms with E-state index in [0.717, 1.165) is 6.42 Å². The van der Waals surface area contributed by atoms with Crippen LogP contribution >= 0.6 is 11.6 Å². The highest BCUT2D eigenvalue weighted by Gasteiger charge is 2.24. The van der Waals surface area contributed by atoms with Crippen LogP contribution in [0.3, 0.4) is 0 Å². The molecule has 1 aromatic rings. The normalized spacial score (nSPS) is 15.3. The molecule has 2 unspecified atom stereocenters. The Kier molecular flexibility index (Phi) is 5.78. The third-order valence-electron chi connectivity index (χ3n) is 3.86. The molecule has 0 aliphatic carbocycles. The molecule has 3 N–H and O–H groups in total. The minimum Gasteiger partial charge on any atom is -0.271 e. The van der Waals surface area contributed by atoms with Gasteiger partial charge in [-0.1, -0.05) is 45.4 Å². The van der Waals surface area contributed by atoms with Crippen molar-refractivity contribution < 1.29 is 4.39 Å². The highest BCUT2D eigenvalue weighted by atomic mass is 35.5. The number of nitrogens with one attached hydrogen (secondary N) is 1. The summed E-state index contributed by atoms with van der Waals surface area (Å²) in [6.07, 6.45) is 1.38. The zero-order valence-electron chi connectivity index (χ0n) is 12.1. The summed E-state index contributed by atoms with van der Waals surface area (Å²) in [7, 11) is 0. The molecule has 0 amide bonds. The quantitative estimate of drug-likeness (QED) is 0.636. The first-order valence-corrected chi connectivity index (χ1v) is 7.02. The van der Waals surface area contributed by atoms with Crippen molar-refractivity contribution in [2.45, 2.75) is 46.6 Å². The largest absolute Gasteiger partial charge is 0.271 e. The van der Waals surface area contributed by atoms with Gasteiger partial charge in [-0.2, -0.15) is 0 Å². The van der Waals surface area contributed by atoms with Gasteiger partial charge >= 0.3 is 0 Å². The van der Waals surface area contributed by atoms with Crippen LogP contribution in [0.5, 0.6) is 0 Å². The SMILES string of the molecule is CC(CC(Cc1c(F)cccc1Cl)NN)C(C)(C)C. The van der Waals surface area contributed by atoms with Gasteiger partial charge in [0.2, 0.25) is 0 Å². The highest BCUT2D eigenvalue weighted by molar-refractivity contribution is 6.31. The molecule has 1 rings (SSSR count). The number of hydrogen-bond acceptors (Lipinski definition) is 2. The Morgan fingerprint density at radius 3 is 2.47 bits per heavy atom. The van der Waals surface area contributed by atoms with E-state index >= 15 is 0 Å². The fraction of sp³-hybridized carbons (Fsp3) is 0.600. The molecular formula is C15H24ClFN2. The maximum absolute atomic E-state index is 13.8. The maximum Gasteiger partial charge on any atom is 0.127 e. The van der Waals surface area contributed by atoms with Crippen LogP contribution in [-0.2, 0) is 6.42 Å². The number of benzene rings is 1. The molecule has 0 radical (unpaired) electrons. The van der Waals surface area contributed by atoms with Crippen molar-refractivity contribution in [3.8, 4) is 0 Å². The molecule has 108 valence electrons. The lowest BCUT2D eigenvalue weighted by Crippen LogP contribution is -2.39. The predicted octanol–water partition coefficient (Wildman–Crippen LogP) is 3.93. The van der Waals surface area contributed by atoms with E-state index in [-0.39, 0.29) is 17.3 Å². The smallest absolute Gasteiger partial charge is 0.127 e. The van der Waals surface area contributed by atoms with Crippen LogP contribution in [0.4, 0.5) is 4.39 Å². The van der Waals surface area contributed by atoms with Gasteiger partial charge in [-0.25, -0.2) is 4.39 Å². The van der Waals surface area contributed by atoms with Crippen molar-refractivity contribution in [3.05, 3.63) is 34.6 Å². The first-order chi connectivity index (χ1) is 8.75. The molecule has 2 atom stereocenters. The van der Waals surface area contributed by atoms with Gasteiger partial charge in [0.15, 0.2) is 0 Å². The van der Waals surface area contributed by atoms with Gasteiger partial charge in [-0.05, 0) is 36.3 Å². The molecule has 0 bridgehead atoms. The molecule has 0 saturated heterocycles. The molecule has 0 aliphatic rings.